The van der Waals surface area contributed by atoms with Crippen LogP contribution >= 0.6 is 0 Å². The Kier molecular flexibility index (Phi) is 5.64. The molecule has 0 radical (unpaired) electrons. The van der Waals surface area contributed by atoms with Crippen LogP contribution in [0.4, 0.5) is 0 Å². The molecule has 1 aromatic rings. The Labute approximate surface area is 132 Å². The molecular formula is C17H28N2O3. The van der Waals surface area contributed by atoms with E-state index in [0.717, 1.165) is 18.0 Å². The van der Waals surface area contributed by atoms with E-state index in [0.29, 0.717) is 17.5 Å². The molecule has 1 atom stereocenters. The maximum absolute atomic E-state index is 12.3. The molecular weight excluding hydrogens is 280 g/mol. The molecule has 0 spiro atoms. The van der Waals surface area contributed by atoms with Crippen LogP contribution in [0.2, 0.25) is 0 Å². The largest absolute Gasteiger partial charge is 0.389 e. The summed E-state index contributed by atoms with van der Waals surface area (Å²) in [5.41, 5.74) is 2.72. The number of aryl methyl sites for hydroxylation is 1. The molecule has 124 valence electrons. The van der Waals surface area contributed by atoms with Crippen LogP contribution in [-0.2, 0) is 4.74 Å². The fourth-order valence-electron chi connectivity index (χ4n) is 2.82. The average Bonchev–Trinajstić information content (AvgIpc) is 3.20. The number of carbonyl (C=O) groups is 1. The molecule has 1 aliphatic rings. The van der Waals surface area contributed by atoms with Crippen LogP contribution in [0.5, 0.6) is 0 Å². The highest BCUT2D eigenvalue weighted by molar-refractivity contribution is 5.95. The fourth-order valence-corrected chi connectivity index (χ4v) is 2.82. The van der Waals surface area contributed by atoms with Gasteiger partial charge in [0, 0.05) is 30.6 Å². The highest BCUT2D eigenvalue weighted by Gasteiger charge is 2.22. The molecule has 1 amide bonds. The number of nitrogens with one attached hydrogen (secondary N) is 1. The van der Waals surface area contributed by atoms with E-state index in [-0.39, 0.29) is 19.1 Å². The number of ether oxygens (including phenoxy) is 1. The van der Waals surface area contributed by atoms with Gasteiger partial charge in [-0.1, -0.05) is 0 Å². The van der Waals surface area contributed by atoms with Crippen LogP contribution in [-0.4, -0.2) is 41.4 Å². The lowest BCUT2D eigenvalue weighted by Crippen LogP contribution is -2.35. The van der Waals surface area contributed by atoms with Gasteiger partial charge in [-0.05, 0) is 52.5 Å². The van der Waals surface area contributed by atoms with E-state index in [1.807, 2.05) is 19.9 Å². The number of hydrogen-bond donors (Lipinski definition) is 2. The molecule has 5 nitrogen and oxygen atoms in total. The third kappa shape index (κ3) is 4.34. The highest BCUT2D eigenvalue weighted by Crippen LogP contribution is 2.28. The number of carbonyl (C=O) groups excluding carboxylic acids is 1. The monoisotopic (exact) mass is 308 g/mol. The Balaban J connectivity index is 1.82. The topological polar surface area (TPSA) is 63.5 Å². The molecule has 22 heavy (non-hydrogen) atoms. The van der Waals surface area contributed by atoms with Crippen LogP contribution in [0.15, 0.2) is 6.07 Å². The van der Waals surface area contributed by atoms with Crippen LogP contribution in [0.25, 0.3) is 0 Å². The molecule has 2 rings (SSSR count). The summed E-state index contributed by atoms with van der Waals surface area (Å²) < 4.78 is 7.57. The summed E-state index contributed by atoms with van der Waals surface area (Å²) in [5.74, 6) is 0.546. The van der Waals surface area contributed by atoms with Crippen molar-refractivity contribution >= 4 is 5.91 Å². The minimum Gasteiger partial charge on any atom is -0.389 e. The van der Waals surface area contributed by atoms with Crippen molar-refractivity contribution in [1.82, 2.24) is 9.88 Å². The zero-order valence-electron chi connectivity index (χ0n) is 14.1. The summed E-state index contributed by atoms with van der Waals surface area (Å²) in [6.07, 6.45) is 1.81. The second-order valence-electron chi connectivity index (χ2n) is 6.59. The predicted octanol–water partition coefficient (Wildman–Crippen LogP) is 2.20. The van der Waals surface area contributed by atoms with E-state index >= 15 is 0 Å². The van der Waals surface area contributed by atoms with Crippen molar-refractivity contribution in [3.05, 3.63) is 23.0 Å². The van der Waals surface area contributed by atoms with Crippen molar-refractivity contribution in [1.29, 1.82) is 0 Å². The van der Waals surface area contributed by atoms with Gasteiger partial charge in [0.2, 0.25) is 0 Å². The van der Waals surface area contributed by atoms with E-state index in [9.17, 15) is 9.90 Å². The molecule has 0 aliphatic heterocycles. The average molecular weight is 308 g/mol. The zero-order chi connectivity index (χ0) is 16.3. The van der Waals surface area contributed by atoms with Gasteiger partial charge < -0.3 is 19.7 Å². The summed E-state index contributed by atoms with van der Waals surface area (Å²) >= 11 is 0. The van der Waals surface area contributed by atoms with E-state index in [4.69, 9.17) is 4.74 Å². The SMILES string of the molecule is Cc1cc(C(=O)NCC(O)COCC2CC2)c(C)n1C(C)C. The summed E-state index contributed by atoms with van der Waals surface area (Å²) in [6.45, 7) is 9.38. The minimum atomic E-state index is -0.656. The first-order chi connectivity index (χ1) is 10.4. The van der Waals surface area contributed by atoms with Crippen LogP contribution < -0.4 is 5.32 Å². The standard InChI is InChI=1S/C17H28N2O3/c1-11(2)19-12(3)7-16(13(19)4)17(21)18-8-15(20)10-22-9-14-5-6-14/h7,11,14-15,20H,5-6,8-10H2,1-4H3,(H,18,21). The van der Waals surface area contributed by atoms with Crippen molar-refractivity contribution < 1.29 is 14.6 Å². The van der Waals surface area contributed by atoms with Crippen molar-refractivity contribution in [2.75, 3.05) is 19.8 Å². The third-order valence-electron chi connectivity index (χ3n) is 4.10. The third-order valence-corrected chi connectivity index (χ3v) is 4.10. The van der Waals surface area contributed by atoms with E-state index < -0.39 is 6.10 Å². The zero-order valence-corrected chi connectivity index (χ0v) is 14.1. The van der Waals surface area contributed by atoms with Crippen LogP contribution in [0.1, 0.15) is 54.5 Å². The second kappa shape index (κ2) is 7.29. The van der Waals surface area contributed by atoms with Gasteiger partial charge in [0.1, 0.15) is 0 Å². The first kappa shape index (κ1) is 17.0. The smallest absolute Gasteiger partial charge is 0.253 e. The number of amides is 1. The lowest BCUT2D eigenvalue weighted by molar-refractivity contribution is 0.0320. The summed E-state index contributed by atoms with van der Waals surface area (Å²) in [7, 11) is 0. The lowest BCUT2D eigenvalue weighted by atomic mass is 10.2. The maximum Gasteiger partial charge on any atom is 0.253 e. The quantitative estimate of drug-likeness (QED) is 0.774. The van der Waals surface area contributed by atoms with Gasteiger partial charge in [-0.25, -0.2) is 0 Å². The van der Waals surface area contributed by atoms with Gasteiger partial charge in [-0.2, -0.15) is 0 Å². The molecule has 1 heterocycles. The van der Waals surface area contributed by atoms with E-state index in [2.05, 4.69) is 23.7 Å². The lowest BCUT2D eigenvalue weighted by Gasteiger charge is -2.14. The first-order valence-electron chi connectivity index (χ1n) is 8.12. The van der Waals surface area contributed by atoms with Gasteiger partial charge in [0.25, 0.3) is 5.91 Å². The Hall–Kier alpha value is -1.33. The Morgan fingerprint density at radius 1 is 1.45 bits per heavy atom. The Morgan fingerprint density at radius 2 is 2.14 bits per heavy atom. The van der Waals surface area contributed by atoms with Crippen molar-refractivity contribution in [3.8, 4) is 0 Å². The number of rotatable bonds is 8. The van der Waals surface area contributed by atoms with Gasteiger partial charge in [0.15, 0.2) is 0 Å². The Morgan fingerprint density at radius 3 is 2.68 bits per heavy atom. The molecule has 0 bridgehead atoms. The van der Waals surface area contributed by atoms with Crippen LogP contribution in [0, 0.1) is 19.8 Å². The molecule has 1 saturated carbocycles. The molecule has 0 aromatic carbocycles. The molecule has 1 aliphatic carbocycles. The molecule has 0 saturated heterocycles. The molecule has 1 unspecified atom stereocenters. The molecule has 1 aromatic heterocycles. The maximum atomic E-state index is 12.3. The minimum absolute atomic E-state index is 0.138. The van der Waals surface area contributed by atoms with Gasteiger partial charge >= 0.3 is 0 Å². The predicted molar refractivity (Wildman–Crippen MR) is 86.2 cm³/mol. The second-order valence-corrected chi connectivity index (χ2v) is 6.59. The van der Waals surface area contributed by atoms with E-state index in [1.165, 1.54) is 12.8 Å². The summed E-state index contributed by atoms with van der Waals surface area (Å²) in [4.78, 5) is 12.3. The van der Waals surface area contributed by atoms with Crippen molar-refractivity contribution in [2.24, 2.45) is 5.92 Å². The van der Waals surface area contributed by atoms with E-state index in [1.54, 1.807) is 0 Å². The fraction of sp³-hybridized carbons (Fsp3) is 0.706. The van der Waals surface area contributed by atoms with Crippen molar-refractivity contribution in [3.63, 3.8) is 0 Å². The van der Waals surface area contributed by atoms with Gasteiger partial charge in [-0.3, -0.25) is 4.79 Å². The van der Waals surface area contributed by atoms with Crippen molar-refractivity contribution in [2.45, 2.75) is 52.7 Å². The number of aromatic nitrogens is 1. The number of hydrogen-bond acceptors (Lipinski definition) is 3. The summed E-state index contributed by atoms with van der Waals surface area (Å²) in [5, 5.41) is 12.6. The van der Waals surface area contributed by atoms with Gasteiger partial charge in [-0.15, -0.1) is 0 Å². The first-order valence-corrected chi connectivity index (χ1v) is 8.12. The molecule has 5 heteroatoms. The molecule has 1 fully saturated rings. The Bertz CT molecular complexity index is 518. The van der Waals surface area contributed by atoms with Crippen LogP contribution in [0.3, 0.4) is 0 Å². The molecule has 2 N–H and O–H groups in total. The van der Waals surface area contributed by atoms with Gasteiger partial charge in [0.05, 0.1) is 18.3 Å². The number of nitrogens with zero attached hydrogens (tertiary/aromatic N) is 1. The number of aliphatic hydroxyl groups excluding tert-OH is 1. The number of aliphatic hydroxyl groups is 1. The highest BCUT2D eigenvalue weighted by atomic mass is 16.5. The normalized spacial score (nSPS) is 16.1. The summed E-state index contributed by atoms with van der Waals surface area (Å²) in [6, 6.07) is 2.23.